The van der Waals surface area contributed by atoms with Crippen molar-refractivity contribution in [3.8, 4) is 5.75 Å². The second kappa shape index (κ2) is 7.72. The Morgan fingerprint density at radius 3 is 2.56 bits per heavy atom. The number of anilines is 1. The summed E-state index contributed by atoms with van der Waals surface area (Å²) in [5.41, 5.74) is 2.03. The Kier molecular flexibility index (Phi) is 5.16. The molecule has 0 radical (unpaired) electrons. The van der Waals surface area contributed by atoms with E-state index in [0.717, 1.165) is 30.2 Å². The van der Waals surface area contributed by atoms with E-state index in [1.54, 1.807) is 12.1 Å². The lowest BCUT2D eigenvalue weighted by atomic mass is 10.2. The molecular weight excluding hydrogens is 364 g/mol. The molecule has 1 saturated heterocycles. The summed E-state index contributed by atoms with van der Waals surface area (Å²) >= 11 is 6.01. The van der Waals surface area contributed by atoms with Crippen molar-refractivity contribution in [2.45, 2.75) is 25.7 Å². The van der Waals surface area contributed by atoms with Gasteiger partial charge in [-0.2, -0.15) is 5.10 Å². The Hall–Kier alpha value is -2.34. The van der Waals surface area contributed by atoms with Crippen molar-refractivity contribution in [2.75, 3.05) is 37.7 Å². The van der Waals surface area contributed by atoms with Crippen LogP contribution < -0.4 is 9.64 Å². The Bertz CT molecular complexity index is 815. The molecule has 6 nitrogen and oxygen atoms in total. The number of hydrogen-bond donors (Lipinski definition) is 0. The molecule has 0 spiro atoms. The second-order valence-corrected chi connectivity index (χ2v) is 7.57. The van der Waals surface area contributed by atoms with Gasteiger partial charge in [-0.15, -0.1) is 5.10 Å². The van der Waals surface area contributed by atoms with Crippen LogP contribution in [0.1, 0.15) is 30.0 Å². The molecule has 4 rings (SSSR count). The van der Waals surface area contributed by atoms with Crippen molar-refractivity contribution in [2.24, 2.45) is 0 Å². The van der Waals surface area contributed by atoms with Crippen molar-refractivity contribution in [3.63, 3.8) is 0 Å². The lowest BCUT2D eigenvalue weighted by molar-refractivity contribution is -0.133. The molecule has 2 fully saturated rings. The number of benzene rings is 1. The smallest absolute Gasteiger partial charge is 0.260 e. The number of piperazine rings is 1. The summed E-state index contributed by atoms with van der Waals surface area (Å²) in [6.07, 6.45) is 2.46. The summed E-state index contributed by atoms with van der Waals surface area (Å²) in [6.45, 7) is 4.78. The van der Waals surface area contributed by atoms with Gasteiger partial charge in [0.05, 0.1) is 5.69 Å². The predicted molar refractivity (Wildman–Crippen MR) is 104 cm³/mol. The van der Waals surface area contributed by atoms with Crippen molar-refractivity contribution in [3.05, 3.63) is 46.6 Å². The highest BCUT2D eigenvalue weighted by molar-refractivity contribution is 6.31. The van der Waals surface area contributed by atoms with E-state index in [1.807, 2.05) is 24.0 Å². The van der Waals surface area contributed by atoms with Gasteiger partial charge in [0, 0.05) is 37.1 Å². The standard InChI is InChI=1S/C20H23ClN4O2/c1-14-12-16(4-5-17(14)21)27-13-20(26)25-10-8-24(9-11-25)19-7-6-18(22-23-19)15-2-3-15/h4-7,12,15H,2-3,8-11,13H2,1H3. The summed E-state index contributed by atoms with van der Waals surface area (Å²) < 4.78 is 5.62. The number of aromatic nitrogens is 2. The molecule has 1 saturated carbocycles. The number of carbonyl (C=O) groups is 1. The Morgan fingerprint density at radius 1 is 1.15 bits per heavy atom. The number of nitrogens with zero attached hydrogens (tertiary/aromatic N) is 4. The van der Waals surface area contributed by atoms with E-state index in [0.29, 0.717) is 29.8 Å². The van der Waals surface area contributed by atoms with Crippen molar-refractivity contribution in [1.29, 1.82) is 0 Å². The third-order valence-electron chi connectivity index (χ3n) is 5.11. The lowest BCUT2D eigenvalue weighted by Gasteiger charge is -2.35. The maximum atomic E-state index is 12.4. The van der Waals surface area contributed by atoms with Crippen LogP contribution in [-0.2, 0) is 4.79 Å². The Morgan fingerprint density at radius 2 is 1.93 bits per heavy atom. The van der Waals surface area contributed by atoms with Crippen LogP contribution in [0, 0.1) is 6.92 Å². The summed E-state index contributed by atoms with van der Waals surface area (Å²) in [5, 5.41) is 9.40. The lowest BCUT2D eigenvalue weighted by Crippen LogP contribution is -2.50. The van der Waals surface area contributed by atoms with Gasteiger partial charge in [0.2, 0.25) is 0 Å². The fraction of sp³-hybridized carbons (Fsp3) is 0.450. The van der Waals surface area contributed by atoms with Crippen LogP contribution in [0.25, 0.3) is 0 Å². The minimum absolute atomic E-state index is 0.00239. The highest BCUT2D eigenvalue weighted by Gasteiger charge is 2.26. The third-order valence-corrected chi connectivity index (χ3v) is 5.54. The molecule has 0 unspecified atom stereocenters. The fourth-order valence-electron chi connectivity index (χ4n) is 3.23. The normalized spacial score (nSPS) is 17.1. The molecule has 1 amide bonds. The van der Waals surface area contributed by atoms with Gasteiger partial charge in [0.15, 0.2) is 12.4 Å². The van der Waals surface area contributed by atoms with Gasteiger partial charge in [0.1, 0.15) is 5.75 Å². The molecule has 1 aliphatic heterocycles. The second-order valence-electron chi connectivity index (χ2n) is 7.16. The van der Waals surface area contributed by atoms with Crippen molar-refractivity contribution < 1.29 is 9.53 Å². The summed E-state index contributed by atoms with van der Waals surface area (Å²) in [5.74, 6) is 2.16. The van der Waals surface area contributed by atoms with Gasteiger partial charge in [-0.25, -0.2) is 0 Å². The van der Waals surface area contributed by atoms with E-state index in [1.165, 1.54) is 12.8 Å². The average molecular weight is 387 g/mol. The molecule has 1 aromatic heterocycles. The number of halogens is 1. The van der Waals surface area contributed by atoms with E-state index < -0.39 is 0 Å². The zero-order valence-electron chi connectivity index (χ0n) is 15.4. The van der Waals surface area contributed by atoms with Gasteiger partial charge < -0.3 is 14.5 Å². The zero-order chi connectivity index (χ0) is 18.8. The van der Waals surface area contributed by atoms with Crippen LogP contribution in [0.3, 0.4) is 0 Å². The first-order valence-electron chi connectivity index (χ1n) is 9.35. The molecule has 27 heavy (non-hydrogen) atoms. The molecule has 2 aliphatic rings. The minimum atomic E-state index is -0.00239. The number of carbonyl (C=O) groups excluding carboxylic acids is 1. The molecule has 7 heteroatoms. The number of hydrogen-bond acceptors (Lipinski definition) is 5. The van der Waals surface area contributed by atoms with Crippen LogP contribution in [-0.4, -0.2) is 53.8 Å². The molecule has 2 aromatic rings. The zero-order valence-corrected chi connectivity index (χ0v) is 16.2. The van der Waals surface area contributed by atoms with Gasteiger partial charge in [-0.1, -0.05) is 11.6 Å². The molecule has 1 aromatic carbocycles. The Balaban J connectivity index is 1.26. The molecule has 2 heterocycles. The Labute approximate surface area is 164 Å². The first kappa shape index (κ1) is 18.0. The quantitative estimate of drug-likeness (QED) is 0.790. The molecule has 0 bridgehead atoms. The van der Waals surface area contributed by atoms with Crippen molar-refractivity contribution >= 4 is 23.3 Å². The summed E-state index contributed by atoms with van der Waals surface area (Å²) in [4.78, 5) is 16.4. The largest absolute Gasteiger partial charge is 0.484 e. The van der Waals surface area contributed by atoms with E-state index in [-0.39, 0.29) is 12.5 Å². The molecule has 0 N–H and O–H groups in total. The SMILES string of the molecule is Cc1cc(OCC(=O)N2CCN(c3ccc(C4CC4)nn3)CC2)ccc1Cl. The number of rotatable bonds is 5. The number of amides is 1. The molecule has 1 aliphatic carbocycles. The van der Waals surface area contributed by atoms with E-state index in [2.05, 4.69) is 21.2 Å². The van der Waals surface area contributed by atoms with Crippen LogP contribution in [0.2, 0.25) is 5.02 Å². The van der Waals surface area contributed by atoms with E-state index >= 15 is 0 Å². The monoisotopic (exact) mass is 386 g/mol. The molecular formula is C20H23ClN4O2. The number of ether oxygens (including phenoxy) is 1. The first-order valence-corrected chi connectivity index (χ1v) is 9.73. The molecule has 142 valence electrons. The minimum Gasteiger partial charge on any atom is -0.484 e. The first-order chi connectivity index (χ1) is 13.1. The fourth-order valence-corrected chi connectivity index (χ4v) is 3.35. The molecule has 0 atom stereocenters. The van der Waals surface area contributed by atoms with Gasteiger partial charge in [0.25, 0.3) is 5.91 Å². The summed E-state index contributed by atoms with van der Waals surface area (Å²) in [6, 6.07) is 9.54. The van der Waals surface area contributed by atoms with Crippen LogP contribution in [0.15, 0.2) is 30.3 Å². The topological polar surface area (TPSA) is 58.6 Å². The third kappa shape index (κ3) is 4.33. The van der Waals surface area contributed by atoms with Crippen LogP contribution in [0.5, 0.6) is 5.75 Å². The summed E-state index contributed by atoms with van der Waals surface area (Å²) in [7, 11) is 0. The van der Waals surface area contributed by atoms with Crippen molar-refractivity contribution in [1.82, 2.24) is 15.1 Å². The van der Waals surface area contributed by atoms with Crippen LogP contribution >= 0.6 is 11.6 Å². The van der Waals surface area contributed by atoms with Gasteiger partial charge in [-0.3, -0.25) is 4.79 Å². The highest BCUT2D eigenvalue weighted by atomic mass is 35.5. The average Bonchev–Trinajstić information content (AvgIpc) is 3.54. The van der Waals surface area contributed by atoms with Gasteiger partial charge in [-0.05, 0) is 55.7 Å². The predicted octanol–water partition coefficient (Wildman–Crippen LogP) is 3.04. The van der Waals surface area contributed by atoms with Crippen LogP contribution in [0.4, 0.5) is 5.82 Å². The highest BCUT2D eigenvalue weighted by Crippen LogP contribution is 2.38. The maximum absolute atomic E-state index is 12.4. The van der Waals surface area contributed by atoms with E-state index in [9.17, 15) is 4.79 Å². The van der Waals surface area contributed by atoms with Gasteiger partial charge >= 0.3 is 0 Å². The number of aryl methyl sites for hydroxylation is 1. The maximum Gasteiger partial charge on any atom is 0.260 e. The van der Waals surface area contributed by atoms with E-state index in [4.69, 9.17) is 16.3 Å².